The fourth-order valence-corrected chi connectivity index (χ4v) is 3.25. The highest BCUT2D eigenvalue weighted by Gasteiger charge is 2.27. The van der Waals surface area contributed by atoms with Crippen LogP contribution in [-0.2, 0) is 9.59 Å². The molecule has 0 unspecified atom stereocenters. The summed E-state index contributed by atoms with van der Waals surface area (Å²) in [6.07, 6.45) is 12.0. The van der Waals surface area contributed by atoms with E-state index in [4.69, 9.17) is 9.84 Å². The molecule has 1 aromatic carbocycles. The average molecular weight is 342 g/mol. The molecule has 25 heavy (non-hydrogen) atoms. The molecule has 4 nitrogen and oxygen atoms in total. The second-order valence-electron chi connectivity index (χ2n) is 6.60. The first-order valence-electron chi connectivity index (χ1n) is 8.92. The van der Waals surface area contributed by atoms with Crippen molar-refractivity contribution < 1.29 is 19.4 Å². The molecule has 1 aromatic rings. The maximum Gasteiger partial charge on any atom is 0.328 e. The van der Waals surface area contributed by atoms with Gasteiger partial charge in [0.05, 0.1) is 5.92 Å². The summed E-state index contributed by atoms with van der Waals surface area (Å²) in [5.41, 5.74) is 0.752. The maximum atomic E-state index is 12.3. The second kappa shape index (κ2) is 9.82. The number of carboxylic acid groups (broad SMARTS) is 1. The Morgan fingerprint density at radius 3 is 2.44 bits per heavy atom. The zero-order valence-corrected chi connectivity index (χ0v) is 14.5. The first kappa shape index (κ1) is 19.0. The molecule has 0 aliphatic heterocycles. The molecule has 134 valence electrons. The van der Waals surface area contributed by atoms with Crippen molar-refractivity contribution in [3.05, 3.63) is 48.6 Å². The largest absolute Gasteiger partial charge is 0.478 e. The molecular formula is C21H26O4. The highest BCUT2D eigenvalue weighted by molar-refractivity contribution is 5.85. The van der Waals surface area contributed by atoms with Gasteiger partial charge in [0.15, 0.2) is 0 Å². The molecular weight excluding hydrogens is 316 g/mol. The van der Waals surface area contributed by atoms with Gasteiger partial charge in [-0.05, 0) is 68.2 Å². The van der Waals surface area contributed by atoms with Crippen molar-refractivity contribution >= 4 is 18.0 Å². The molecule has 1 aliphatic rings. The monoisotopic (exact) mass is 342 g/mol. The summed E-state index contributed by atoms with van der Waals surface area (Å²) in [6, 6.07) is 6.86. The number of carbonyl (C=O) groups is 2. The van der Waals surface area contributed by atoms with Crippen LogP contribution in [0.4, 0.5) is 0 Å². The van der Waals surface area contributed by atoms with Crippen LogP contribution in [0.1, 0.15) is 50.5 Å². The Morgan fingerprint density at radius 1 is 1.16 bits per heavy atom. The van der Waals surface area contributed by atoms with Crippen LogP contribution < -0.4 is 4.74 Å². The molecule has 0 bridgehead atoms. The predicted octanol–water partition coefficient (Wildman–Crippen LogP) is 4.85. The Hall–Kier alpha value is -2.36. The molecule has 0 saturated heterocycles. The number of unbranched alkanes of at least 4 members (excludes halogenated alkanes) is 1. The Morgan fingerprint density at radius 2 is 1.84 bits per heavy atom. The molecule has 1 N–H and O–H groups in total. The Kier molecular flexibility index (Phi) is 7.45. The zero-order valence-electron chi connectivity index (χ0n) is 14.5. The number of esters is 1. The average Bonchev–Trinajstić information content (AvgIpc) is 2.62. The van der Waals surface area contributed by atoms with Crippen LogP contribution in [0.5, 0.6) is 5.75 Å². The van der Waals surface area contributed by atoms with E-state index in [9.17, 15) is 9.59 Å². The summed E-state index contributed by atoms with van der Waals surface area (Å²) in [6.45, 7) is 3.75. The summed E-state index contributed by atoms with van der Waals surface area (Å²) >= 11 is 0. The van der Waals surface area contributed by atoms with Crippen molar-refractivity contribution in [3.8, 4) is 5.75 Å². The number of carboxylic acids is 1. The van der Waals surface area contributed by atoms with Gasteiger partial charge in [-0.15, -0.1) is 6.58 Å². The van der Waals surface area contributed by atoms with Crippen LogP contribution in [-0.4, -0.2) is 17.0 Å². The third-order valence-electron chi connectivity index (χ3n) is 4.72. The van der Waals surface area contributed by atoms with Crippen molar-refractivity contribution in [2.45, 2.75) is 44.9 Å². The highest BCUT2D eigenvalue weighted by atomic mass is 16.5. The van der Waals surface area contributed by atoms with E-state index in [0.717, 1.165) is 49.7 Å². The lowest BCUT2D eigenvalue weighted by molar-refractivity contribution is -0.140. The first-order chi connectivity index (χ1) is 12.1. The number of aliphatic carboxylic acids is 1. The third kappa shape index (κ3) is 6.57. The molecule has 1 saturated carbocycles. The number of ether oxygens (including phenoxy) is 1. The van der Waals surface area contributed by atoms with Crippen LogP contribution in [0.3, 0.4) is 0 Å². The predicted molar refractivity (Wildman–Crippen MR) is 98.2 cm³/mol. The van der Waals surface area contributed by atoms with Gasteiger partial charge in [0, 0.05) is 6.08 Å². The molecule has 0 radical (unpaired) electrons. The van der Waals surface area contributed by atoms with Gasteiger partial charge in [0.25, 0.3) is 0 Å². The smallest absolute Gasteiger partial charge is 0.328 e. The fourth-order valence-electron chi connectivity index (χ4n) is 3.25. The lowest BCUT2D eigenvalue weighted by Gasteiger charge is -2.27. The molecule has 4 heteroatoms. The van der Waals surface area contributed by atoms with Gasteiger partial charge in [-0.3, -0.25) is 4.79 Å². The number of carbonyl (C=O) groups excluding carboxylic acids is 1. The molecule has 1 aliphatic carbocycles. The van der Waals surface area contributed by atoms with E-state index >= 15 is 0 Å². The Bertz CT molecular complexity index is 607. The van der Waals surface area contributed by atoms with Crippen LogP contribution in [0.25, 0.3) is 6.08 Å². The molecule has 1 fully saturated rings. The molecule has 0 spiro atoms. The fraction of sp³-hybridized carbons (Fsp3) is 0.429. The lowest BCUT2D eigenvalue weighted by Crippen LogP contribution is -2.25. The molecule has 0 amide bonds. The van der Waals surface area contributed by atoms with E-state index < -0.39 is 5.97 Å². The summed E-state index contributed by atoms with van der Waals surface area (Å²) in [7, 11) is 0. The third-order valence-corrected chi connectivity index (χ3v) is 4.72. The van der Waals surface area contributed by atoms with Crippen LogP contribution in [0, 0.1) is 11.8 Å². The van der Waals surface area contributed by atoms with Crippen molar-refractivity contribution in [3.63, 3.8) is 0 Å². The minimum atomic E-state index is -0.990. The topological polar surface area (TPSA) is 63.6 Å². The second-order valence-corrected chi connectivity index (χ2v) is 6.60. The summed E-state index contributed by atoms with van der Waals surface area (Å²) in [5.74, 6) is 0.0751. The number of hydrogen-bond acceptors (Lipinski definition) is 3. The zero-order chi connectivity index (χ0) is 18.1. The van der Waals surface area contributed by atoms with Crippen molar-refractivity contribution in [1.82, 2.24) is 0 Å². The van der Waals surface area contributed by atoms with Gasteiger partial charge in [-0.1, -0.05) is 24.6 Å². The van der Waals surface area contributed by atoms with E-state index in [0.29, 0.717) is 5.75 Å². The van der Waals surface area contributed by atoms with Crippen molar-refractivity contribution in [2.75, 3.05) is 0 Å². The van der Waals surface area contributed by atoms with Gasteiger partial charge in [0.1, 0.15) is 5.75 Å². The van der Waals surface area contributed by atoms with Gasteiger partial charge in [-0.2, -0.15) is 0 Å². The summed E-state index contributed by atoms with van der Waals surface area (Å²) < 4.78 is 5.48. The Balaban J connectivity index is 1.78. The lowest BCUT2D eigenvalue weighted by atomic mass is 9.80. The van der Waals surface area contributed by atoms with Crippen LogP contribution >= 0.6 is 0 Å². The quantitative estimate of drug-likeness (QED) is 0.241. The number of hydrogen-bond donors (Lipinski definition) is 1. The van der Waals surface area contributed by atoms with Crippen molar-refractivity contribution in [1.29, 1.82) is 0 Å². The van der Waals surface area contributed by atoms with Crippen LogP contribution in [0.15, 0.2) is 43.0 Å². The van der Waals surface area contributed by atoms with Gasteiger partial charge in [-0.25, -0.2) is 4.79 Å². The van der Waals surface area contributed by atoms with Gasteiger partial charge < -0.3 is 9.84 Å². The SMILES string of the molecule is C=CCCCC1CCC(C(=O)Oc2ccc(/C=C/C(=O)O)cc2)CC1. The minimum Gasteiger partial charge on any atom is -0.478 e. The highest BCUT2D eigenvalue weighted by Crippen LogP contribution is 2.32. The van der Waals surface area contributed by atoms with E-state index in [-0.39, 0.29) is 11.9 Å². The summed E-state index contributed by atoms with van der Waals surface area (Å²) in [4.78, 5) is 22.8. The molecule has 2 rings (SSSR count). The molecule has 0 atom stereocenters. The number of rotatable bonds is 8. The normalized spacial score (nSPS) is 20.3. The van der Waals surface area contributed by atoms with E-state index in [2.05, 4.69) is 6.58 Å². The maximum absolute atomic E-state index is 12.3. The number of allylic oxidation sites excluding steroid dienone is 1. The van der Waals surface area contributed by atoms with Crippen molar-refractivity contribution in [2.24, 2.45) is 11.8 Å². The Labute approximate surface area is 149 Å². The number of benzene rings is 1. The van der Waals surface area contributed by atoms with E-state index in [1.165, 1.54) is 18.9 Å². The van der Waals surface area contributed by atoms with Gasteiger partial charge in [0.2, 0.25) is 0 Å². The van der Waals surface area contributed by atoms with Crippen LogP contribution in [0.2, 0.25) is 0 Å². The molecule has 0 aromatic heterocycles. The van der Waals surface area contributed by atoms with E-state index in [1.807, 2.05) is 6.08 Å². The van der Waals surface area contributed by atoms with Gasteiger partial charge >= 0.3 is 11.9 Å². The standard InChI is InChI=1S/C21H26O4/c1-2-3-4-5-16-6-11-18(12-7-16)21(24)25-19-13-8-17(9-14-19)10-15-20(22)23/h2,8-10,13-16,18H,1,3-7,11-12H2,(H,22,23)/b15-10+. The summed E-state index contributed by atoms with van der Waals surface area (Å²) in [5, 5.41) is 8.61. The van der Waals surface area contributed by atoms with E-state index in [1.54, 1.807) is 24.3 Å². The molecule has 0 heterocycles. The minimum absolute atomic E-state index is 0.0118. The first-order valence-corrected chi connectivity index (χ1v) is 8.92.